The van der Waals surface area contributed by atoms with Gasteiger partial charge in [-0.3, -0.25) is 0 Å². The molecule has 1 N–H and O–H groups in total. The molecule has 1 aromatic rings. The van der Waals surface area contributed by atoms with Crippen LogP contribution in [0.25, 0.3) is 0 Å². The third-order valence-corrected chi connectivity index (χ3v) is 10.4. The van der Waals surface area contributed by atoms with Crippen molar-refractivity contribution in [3.05, 3.63) is 40.0 Å². The van der Waals surface area contributed by atoms with Crippen molar-refractivity contribution in [3.63, 3.8) is 0 Å². The van der Waals surface area contributed by atoms with Crippen LogP contribution in [0, 0.1) is 16.7 Å². The van der Waals surface area contributed by atoms with Gasteiger partial charge >= 0.3 is 5.97 Å². The van der Waals surface area contributed by atoms with E-state index < -0.39 is 11.0 Å². The molecule has 43 heavy (non-hydrogen) atoms. The van der Waals surface area contributed by atoms with Crippen molar-refractivity contribution in [1.29, 1.82) is 0 Å². The molecule has 1 unspecified atom stereocenters. The second-order valence-corrected chi connectivity index (χ2v) is 16.1. The molecule has 10 heteroatoms. The number of hydrogen-bond donors (Lipinski definition) is 1. The van der Waals surface area contributed by atoms with E-state index in [0.29, 0.717) is 36.2 Å². The highest BCUT2D eigenvalue weighted by atomic mass is 35.5. The van der Waals surface area contributed by atoms with Crippen LogP contribution >= 0.6 is 11.6 Å². The van der Waals surface area contributed by atoms with E-state index in [1.54, 1.807) is 12.5 Å². The summed E-state index contributed by atoms with van der Waals surface area (Å²) >= 11 is 6.79. The second-order valence-electron chi connectivity index (χ2n) is 14.3. The fraction of sp³-hybridized carbons (Fsp3) is 0.727. The van der Waals surface area contributed by atoms with Crippen LogP contribution in [-0.4, -0.2) is 74.4 Å². The van der Waals surface area contributed by atoms with Gasteiger partial charge in [0.1, 0.15) is 17.2 Å². The van der Waals surface area contributed by atoms with E-state index in [2.05, 4.69) is 55.9 Å². The van der Waals surface area contributed by atoms with Gasteiger partial charge in [-0.25, -0.2) is 23.3 Å². The van der Waals surface area contributed by atoms with Gasteiger partial charge in [0.25, 0.3) is 0 Å². The molecule has 1 atom stereocenters. The number of esters is 1. The number of aromatic nitrogens is 2. The van der Waals surface area contributed by atoms with Crippen LogP contribution in [0.3, 0.4) is 0 Å². The number of rotatable bonds is 9. The van der Waals surface area contributed by atoms with E-state index in [1.165, 1.54) is 24.1 Å². The summed E-state index contributed by atoms with van der Waals surface area (Å²) in [6.07, 6.45) is 13.2. The summed E-state index contributed by atoms with van der Waals surface area (Å²) in [5, 5.41) is 4.50. The summed E-state index contributed by atoms with van der Waals surface area (Å²) in [5.74, 6) is 1.58. The molecular weight excluding hydrogens is 582 g/mol. The van der Waals surface area contributed by atoms with E-state index in [0.717, 1.165) is 63.3 Å². The van der Waals surface area contributed by atoms with Crippen LogP contribution in [0.15, 0.2) is 28.6 Å². The van der Waals surface area contributed by atoms with Gasteiger partial charge in [0, 0.05) is 56.8 Å². The fourth-order valence-corrected chi connectivity index (χ4v) is 8.61. The molecule has 0 bridgehead atoms. The van der Waals surface area contributed by atoms with Crippen LogP contribution in [0.1, 0.15) is 103 Å². The van der Waals surface area contributed by atoms with Gasteiger partial charge in [0.05, 0.1) is 22.6 Å². The Labute approximate surface area is 266 Å². The summed E-state index contributed by atoms with van der Waals surface area (Å²) in [6, 6.07) is 0.191. The largest absolute Gasteiger partial charge is 0.462 e. The number of aryl methyl sites for hydroxylation is 1. The lowest BCUT2D eigenvalue weighted by molar-refractivity contribution is 0.0526. The first-order valence-corrected chi connectivity index (χ1v) is 17.9. The number of nitrogens with one attached hydrogen (secondary N) is 1. The smallest absolute Gasteiger partial charge is 0.343 e. The maximum Gasteiger partial charge on any atom is 0.343 e. The molecular formula is C33H52ClN5O3S. The van der Waals surface area contributed by atoms with Crippen LogP contribution in [-0.2, 0) is 22.1 Å². The number of carbonyl (C=O) groups excluding carboxylic acids is 1. The van der Waals surface area contributed by atoms with Crippen LogP contribution in [0.4, 0.5) is 5.82 Å². The second kappa shape index (κ2) is 14.4. The highest BCUT2D eigenvalue weighted by Gasteiger charge is 2.35. The standard InChI is InChI=1S/C33H52ClN5O3S/c1-8-42-31(40)26-22-35-29(37-30(26)36-25-20-32(3,4)18-23(2)19-33(5,6)21-25)12-10-24-9-11-28(27(34)17-24)38-13-15-39(16-14-38)43(7)41/h17,22-23,25H,8-16,18-21H2,1-7H3,(H,35,36,37). The molecule has 0 amide bonds. The molecule has 0 aromatic carbocycles. The van der Waals surface area contributed by atoms with Crippen molar-refractivity contribution < 1.29 is 13.7 Å². The topological polar surface area (TPSA) is 87.7 Å². The summed E-state index contributed by atoms with van der Waals surface area (Å²) < 4.78 is 19.2. The first-order chi connectivity index (χ1) is 20.2. The van der Waals surface area contributed by atoms with E-state index in [1.807, 2.05) is 11.2 Å². The van der Waals surface area contributed by atoms with Gasteiger partial charge in [-0.1, -0.05) is 51.8 Å². The molecule has 8 nitrogen and oxygen atoms in total. The zero-order valence-electron chi connectivity index (χ0n) is 27.3. The SMILES string of the molecule is CCOC(=O)c1cnc(CCC2=CC(Cl)=C(N3CCN(S(C)=O)CC3)CC2)nc1NC1CC(C)(C)CC(C)CC(C)(C)C1. The zero-order valence-corrected chi connectivity index (χ0v) is 28.9. The molecule has 1 aromatic heterocycles. The number of nitrogens with zero attached hydrogens (tertiary/aromatic N) is 4. The molecule has 2 heterocycles. The lowest BCUT2D eigenvalue weighted by atomic mass is 9.67. The first kappa shape index (κ1) is 33.9. The lowest BCUT2D eigenvalue weighted by Crippen LogP contribution is -2.46. The fourth-order valence-electron chi connectivity index (χ4n) is 7.56. The van der Waals surface area contributed by atoms with Crippen LogP contribution in [0.2, 0.25) is 0 Å². The van der Waals surface area contributed by atoms with Gasteiger partial charge in [-0.15, -0.1) is 0 Å². The minimum Gasteiger partial charge on any atom is -0.462 e. The number of hydrogen-bond acceptors (Lipinski definition) is 7. The Morgan fingerprint density at radius 2 is 1.72 bits per heavy atom. The van der Waals surface area contributed by atoms with Gasteiger partial charge in [-0.2, -0.15) is 0 Å². The van der Waals surface area contributed by atoms with Gasteiger partial charge in [0.2, 0.25) is 0 Å². The Balaban J connectivity index is 1.48. The Bertz CT molecular complexity index is 1220. The Morgan fingerprint density at radius 3 is 2.30 bits per heavy atom. The van der Waals surface area contributed by atoms with Crippen molar-refractivity contribution in [3.8, 4) is 0 Å². The van der Waals surface area contributed by atoms with Gasteiger partial charge in [0.15, 0.2) is 0 Å². The zero-order chi connectivity index (χ0) is 31.4. The number of anilines is 1. The molecule has 0 radical (unpaired) electrons. The molecule has 0 spiro atoms. The average Bonchev–Trinajstić information content (AvgIpc) is 2.90. The van der Waals surface area contributed by atoms with Crippen molar-refractivity contribution in [2.75, 3.05) is 44.4 Å². The number of piperazine rings is 1. The monoisotopic (exact) mass is 633 g/mol. The van der Waals surface area contributed by atoms with Gasteiger partial charge in [-0.05, 0) is 74.7 Å². The third-order valence-electron chi connectivity index (χ3n) is 9.02. The maximum atomic E-state index is 12.9. The summed E-state index contributed by atoms with van der Waals surface area (Å²) in [4.78, 5) is 24.7. The minimum absolute atomic E-state index is 0.190. The number of allylic oxidation sites excluding steroid dienone is 4. The number of carbonyl (C=O) groups is 1. The Hall–Kier alpha value is -1.97. The molecule has 1 saturated carbocycles. The maximum absolute atomic E-state index is 12.9. The third kappa shape index (κ3) is 9.51. The van der Waals surface area contributed by atoms with Crippen molar-refractivity contribution in [2.45, 2.75) is 99.0 Å². The van der Waals surface area contributed by atoms with Crippen molar-refractivity contribution in [2.24, 2.45) is 16.7 Å². The predicted molar refractivity (Wildman–Crippen MR) is 176 cm³/mol. The molecule has 1 saturated heterocycles. The van der Waals surface area contributed by atoms with Crippen molar-refractivity contribution in [1.82, 2.24) is 19.2 Å². The number of halogens is 1. The van der Waals surface area contributed by atoms with Crippen LogP contribution in [0.5, 0.6) is 0 Å². The lowest BCUT2D eigenvalue weighted by Gasteiger charge is -2.42. The van der Waals surface area contributed by atoms with E-state index in [9.17, 15) is 9.00 Å². The quantitative estimate of drug-likeness (QED) is 0.302. The highest BCUT2D eigenvalue weighted by Crippen LogP contribution is 2.43. The highest BCUT2D eigenvalue weighted by molar-refractivity contribution is 7.81. The molecule has 4 rings (SSSR count). The molecule has 240 valence electrons. The number of ether oxygens (including phenoxy) is 1. The predicted octanol–water partition coefficient (Wildman–Crippen LogP) is 6.71. The molecule has 2 fully saturated rings. The first-order valence-electron chi connectivity index (χ1n) is 16.0. The normalized spacial score (nSPS) is 25.4. The van der Waals surface area contributed by atoms with E-state index >= 15 is 0 Å². The van der Waals surface area contributed by atoms with Crippen molar-refractivity contribution >= 4 is 34.4 Å². The Kier molecular flexibility index (Phi) is 11.4. The summed E-state index contributed by atoms with van der Waals surface area (Å²) in [6.45, 7) is 17.2. The van der Waals surface area contributed by atoms with Gasteiger partial charge < -0.3 is 15.0 Å². The molecule has 1 aliphatic heterocycles. The minimum atomic E-state index is -0.923. The summed E-state index contributed by atoms with van der Waals surface area (Å²) in [7, 11) is -0.923. The molecule has 3 aliphatic rings. The average molecular weight is 634 g/mol. The van der Waals surface area contributed by atoms with E-state index in [4.69, 9.17) is 21.3 Å². The van der Waals surface area contributed by atoms with Crippen LogP contribution < -0.4 is 5.32 Å². The summed E-state index contributed by atoms with van der Waals surface area (Å²) in [5.41, 5.74) is 3.25. The molecule has 2 aliphatic carbocycles. The van der Waals surface area contributed by atoms with E-state index in [-0.39, 0.29) is 22.8 Å². The Morgan fingerprint density at radius 1 is 1.07 bits per heavy atom.